The minimum atomic E-state index is -3.43. The van der Waals surface area contributed by atoms with Crippen LogP contribution in [-0.4, -0.2) is 31.9 Å². The van der Waals surface area contributed by atoms with Crippen LogP contribution in [0.3, 0.4) is 0 Å². The Bertz CT molecular complexity index is 577. The van der Waals surface area contributed by atoms with Crippen molar-refractivity contribution in [2.75, 3.05) is 13.1 Å². The third-order valence-corrected chi connectivity index (χ3v) is 6.05. The molecule has 1 saturated heterocycles. The monoisotopic (exact) mass is 382 g/mol. The van der Waals surface area contributed by atoms with Crippen molar-refractivity contribution in [2.45, 2.75) is 31.2 Å². The Morgan fingerprint density at radius 3 is 2.60 bits per heavy atom. The Balaban J connectivity index is 0.00000200. The van der Waals surface area contributed by atoms with E-state index in [9.17, 15) is 8.42 Å². The average Bonchev–Trinajstić information content (AvgIpc) is 2.32. The highest BCUT2D eigenvalue weighted by Gasteiger charge is 2.38. The van der Waals surface area contributed by atoms with Crippen LogP contribution in [0.5, 0.6) is 0 Å². The Labute approximate surface area is 135 Å². The normalized spacial score (nSPS) is 23.1. The maximum absolute atomic E-state index is 12.6. The lowest BCUT2D eigenvalue weighted by Gasteiger charge is -2.41. The summed E-state index contributed by atoms with van der Waals surface area (Å²) < 4.78 is 27.5. The van der Waals surface area contributed by atoms with Crippen molar-refractivity contribution in [1.29, 1.82) is 0 Å². The first-order chi connectivity index (χ1) is 8.73. The quantitative estimate of drug-likeness (QED) is 0.854. The largest absolute Gasteiger partial charge is 0.327 e. The highest BCUT2D eigenvalue weighted by atomic mass is 79.9. The second kappa shape index (κ2) is 6.32. The van der Waals surface area contributed by atoms with Gasteiger partial charge in [-0.15, -0.1) is 12.4 Å². The number of hydrogen-bond acceptors (Lipinski definition) is 3. The number of sulfonamides is 1. The summed E-state index contributed by atoms with van der Waals surface area (Å²) in [5, 5.41) is 0. The Hall–Kier alpha value is -0.140. The van der Waals surface area contributed by atoms with Crippen molar-refractivity contribution < 1.29 is 8.42 Å². The molecule has 0 bridgehead atoms. The predicted octanol–water partition coefficient (Wildman–Crippen LogP) is 2.62. The van der Waals surface area contributed by atoms with Crippen LogP contribution in [-0.2, 0) is 10.0 Å². The maximum Gasteiger partial charge on any atom is 0.243 e. The van der Waals surface area contributed by atoms with Crippen LogP contribution in [0.15, 0.2) is 33.6 Å². The molecule has 0 amide bonds. The third kappa shape index (κ3) is 3.54. The minimum absolute atomic E-state index is 0. The van der Waals surface area contributed by atoms with Crippen LogP contribution in [0.25, 0.3) is 0 Å². The summed E-state index contributed by atoms with van der Waals surface area (Å²) >= 11 is 3.31. The van der Waals surface area contributed by atoms with E-state index in [1.165, 1.54) is 4.31 Å². The van der Waals surface area contributed by atoms with Gasteiger partial charge in [0.05, 0.1) is 4.90 Å². The van der Waals surface area contributed by atoms with E-state index in [2.05, 4.69) is 15.9 Å². The molecular formula is C13H20BrClN2O2S. The van der Waals surface area contributed by atoms with Gasteiger partial charge in [0.25, 0.3) is 0 Å². The Morgan fingerprint density at radius 1 is 1.40 bits per heavy atom. The molecule has 114 valence electrons. The molecule has 1 unspecified atom stereocenters. The number of hydrogen-bond donors (Lipinski definition) is 1. The van der Waals surface area contributed by atoms with Crippen molar-refractivity contribution in [3.05, 3.63) is 28.7 Å². The topological polar surface area (TPSA) is 63.4 Å². The van der Waals surface area contributed by atoms with Gasteiger partial charge in [0.15, 0.2) is 0 Å². The second-order valence-electron chi connectivity index (χ2n) is 5.68. The molecule has 1 aliphatic heterocycles. The fraction of sp³-hybridized carbons (Fsp3) is 0.538. The average molecular weight is 384 g/mol. The number of benzene rings is 1. The number of nitrogens with zero attached hydrogens (tertiary/aromatic N) is 1. The van der Waals surface area contributed by atoms with Crippen LogP contribution in [0.4, 0.5) is 0 Å². The molecule has 20 heavy (non-hydrogen) atoms. The molecule has 0 aliphatic carbocycles. The van der Waals surface area contributed by atoms with E-state index in [0.29, 0.717) is 24.4 Å². The van der Waals surface area contributed by atoms with E-state index < -0.39 is 10.0 Å². The van der Waals surface area contributed by atoms with Gasteiger partial charge >= 0.3 is 0 Å². The summed E-state index contributed by atoms with van der Waals surface area (Å²) in [4.78, 5) is 0.327. The molecule has 0 spiro atoms. The zero-order valence-electron chi connectivity index (χ0n) is 11.5. The number of piperidine rings is 1. The van der Waals surface area contributed by atoms with E-state index in [1.54, 1.807) is 18.2 Å². The highest BCUT2D eigenvalue weighted by molar-refractivity contribution is 9.10. The van der Waals surface area contributed by atoms with Crippen molar-refractivity contribution in [3.8, 4) is 0 Å². The first kappa shape index (κ1) is 17.9. The SMILES string of the molecule is CC1(C)CN(S(=O)(=O)c2cccc(Br)c2)CCC1N.Cl. The highest BCUT2D eigenvalue weighted by Crippen LogP contribution is 2.31. The lowest BCUT2D eigenvalue weighted by molar-refractivity contribution is 0.155. The predicted molar refractivity (Wildman–Crippen MR) is 86.5 cm³/mol. The molecule has 4 nitrogen and oxygen atoms in total. The smallest absolute Gasteiger partial charge is 0.243 e. The summed E-state index contributed by atoms with van der Waals surface area (Å²) in [6.45, 7) is 4.98. The molecule has 0 saturated carbocycles. The molecule has 1 aromatic rings. The van der Waals surface area contributed by atoms with Crippen LogP contribution in [0.2, 0.25) is 0 Å². The first-order valence-electron chi connectivity index (χ1n) is 6.25. The Kier molecular flexibility index (Phi) is 5.66. The molecule has 1 aromatic carbocycles. The molecular weight excluding hydrogens is 364 g/mol. The molecule has 2 rings (SSSR count). The van der Waals surface area contributed by atoms with E-state index in [0.717, 1.165) is 4.47 Å². The van der Waals surface area contributed by atoms with Gasteiger partial charge in [-0.05, 0) is 30.0 Å². The van der Waals surface area contributed by atoms with Crippen molar-refractivity contribution >= 4 is 38.4 Å². The van der Waals surface area contributed by atoms with Gasteiger partial charge < -0.3 is 5.73 Å². The van der Waals surface area contributed by atoms with Gasteiger partial charge in [0.2, 0.25) is 10.0 Å². The zero-order valence-corrected chi connectivity index (χ0v) is 14.8. The molecule has 0 aromatic heterocycles. The third-order valence-electron chi connectivity index (χ3n) is 3.71. The molecule has 1 heterocycles. The summed E-state index contributed by atoms with van der Waals surface area (Å²) in [5.74, 6) is 0. The Morgan fingerprint density at radius 2 is 2.05 bits per heavy atom. The van der Waals surface area contributed by atoms with Crippen LogP contribution in [0.1, 0.15) is 20.3 Å². The molecule has 1 aliphatic rings. The van der Waals surface area contributed by atoms with Gasteiger partial charge in [0, 0.05) is 23.6 Å². The summed E-state index contributed by atoms with van der Waals surface area (Å²) in [6, 6.07) is 6.85. The van der Waals surface area contributed by atoms with Gasteiger partial charge in [-0.2, -0.15) is 4.31 Å². The molecule has 1 atom stereocenters. The van der Waals surface area contributed by atoms with Gasteiger partial charge in [-0.3, -0.25) is 0 Å². The summed E-state index contributed by atoms with van der Waals surface area (Å²) in [5.41, 5.74) is 5.85. The van der Waals surface area contributed by atoms with E-state index in [4.69, 9.17) is 5.73 Å². The zero-order chi connectivity index (χ0) is 14.3. The number of nitrogens with two attached hydrogens (primary N) is 1. The molecule has 2 N–H and O–H groups in total. The van der Waals surface area contributed by atoms with Gasteiger partial charge in [-0.1, -0.05) is 35.8 Å². The van der Waals surface area contributed by atoms with Crippen molar-refractivity contribution in [2.24, 2.45) is 11.1 Å². The maximum atomic E-state index is 12.6. The second-order valence-corrected chi connectivity index (χ2v) is 8.53. The fourth-order valence-electron chi connectivity index (χ4n) is 2.31. The van der Waals surface area contributed by atoms with Gasteiger partial charge in [0.1, 0.15) is 0 Å². The fourth-order valence-corrected chi connectivity index (χ4v) is 4.53. The molecule has 1 fully saturated rings. The first-order valence-corrected chi connectivity index (χ1v) is 8.48. The van der Waals surface area contributed by atoms with Crippen LogP contribution >= 0.6 is 28.3 Å². The minimum Gasteiger partial charge on any atom is -0.327 e. The van der Waals surface area contributed by atoms with E-state index in [1.807, 2.05) is 19.9 Å². The molecule has 0 radical (unpaired) electrons. The lowest BCUT2D eigenvalue weighted by atomic mass is 9.81. The standard InChI is InChI=1S/C13H19BrN2O2S.ClH/c1-13(2)9-16(7-6-12(13)15)19(17,18)11-5-3-4-10(14)8-11;/h3-5,8,12H,6-7,9,15H2,1-2H3;1H. The van der Waals surface area contributed by atoms with E-state index >= 15 is 0 Å². The molecule has 7 heteroatoms. The van der Waals surface area contributed by atoms with Crippen molar-refractivity contribution in [3.63, 3.8) is 0 Å². The lowest BCUT2D eigenvalue weighted by Crippen LogP contribution is -2.53. The van der Waals surface area contributed by atoms with E-state index in [-0.39, 0.29) is 23.9 Å². The number of halogens is 2. The summed E-state index contributed by atoms with van der Waals surface area (Å²) in [6.07, 6.45) is 0.695. The summed E-state index contributed by atoms with van der Waals surface area (Å²) in [7, 11) is -3.43. The van der Waals surface area contributed by atoms with Crippen LogP contribution in [0, 0.1) is 5.41 Å². The van der Waals surface area contributed by atoms with Gasteiger partial charge in [-0.25, -0.2) is 8.42 Å². The number of rotatable bonds is 2. The van der Waals surface area contributed by atoms with Crippen LogP contribution < -0.4 is 5.73 Å². The van der Waals surface area contributed by atoms with Crippen molar-refractivity contribution in [1.82, 2.24) is 4.31 Å².